The van der Waals surface area contributed by atoms with E-state index >= 15 is 0 Å². The van der Waals surface area contributed by atoms with E-state index in [9.17, 15) is 8.42 Å². The maximum absolute atomic E-state index is 10.6. The van der Waals surface area contributed by atoms with Crippen LogP contribution in [0.25, 0.3) is 0 Å². The molecule has 7 heteroatoms. The molecule has 0 radical (unpaired) electrons. The van der Waals surface area contributed by atoms with Crippen molar-refractivity contribution in [3.05, 3.63) is 10.6 Å². The van der Waals surface area contributed by atoms with Crippen molar-refractivity contribution in [1.29, 1.82) is 0 Å². The Hall–Kier alpha value is -0.660. The van der Waals surface area contributed by atoms with Gasteiger partial charge in [0, 0.05) is 11.4 Å². The van der Waals surface area contributed by atoms with E-state index in [4.69, 9.17) is 5.14 Å². The summed E-state index contributed by atoms with van der Waals surface area (Å²) in [4.78, 5) is 5.44. The zero-order chi connectivity index (χ0) is 11.5. The van der Waals surface area contributed by atoms with Crippen molar-refractivity contribution in [2.45, 2.75) is 20.3 Å². The standard InChI is InChI=1S/C8H15N3O2S2/c1-6-7(2)14-8(11-6)10-4-3-5-15(9,12)13/h3-5H2,1-2H3,(H,10,11)(H2,9,12,13). The summed E-state index contributed by atoms with van der Waals surface area (Å²) in [7, 11) is -3.34. The van der Waals surface area contributed by atoms with Crippen LogP contribution in [-0.4, -0.2) is 25.7 Å². The van der Waals surface area contributed by atoms with Crippen LogP contribution in [0.4, 0.5) is 5.13 Å². The minimum Gasteiger partial charge on any atom is -0.361 e. The molecule has 0 amide bonds. The number of rotatable bonds is 5. The number of nitrogens with two attached hydrogens (primary N) is 1. The van der Waals surface area contributed by atoms with Crippen molar-refractivity contribution in [3.63, 3.8) is 0 Å². The molecular weight excluding hydrogens is 234 g/mol. The van der Waals surface area contributed by atoms with Gasteiger partial charge in [-0.05, 0) is 20.3 Å². The fraction of sp³-hybridized carbons (Fsp3) is 0.625. The quantitative estimate of drug-likeness (QED) is 0.758. The molecule has 0 aliphatic heterocycles. The molecule has 0 atom stereocenters. The first-order valence-corrected chi connectivity index (χ1v) is 7.10. The summed E-state index contributed by atoms with van der Waals surface area (Å²) in [5.74, 6) is 0.00331. The average Bonchev–Trinajstić information content (AvgIpc) is 2.39. The Morgan fingerprint density at radius 3 is 2.60 bits per heavy atom. The van der Waals surface area contributed by atoms with E-state index < -0.39 is 10.0 Å². The molecule has 0 bridgehead atoms. The van der Waals surface area contributed by atoms with Gasteiger partial charge < -0.3 is 5.32 Å². The second-order valence-electron chi connectivity index (χ2n) is 3.31. The number of aryl methyl sites for hydroxylation is 2. The molecule has 15 heavy (non-hydrogen) atoms. The highest BCUT2D eigenvalue weighted by Crippen LogP contribution is 2.20. The van der Waals surface area contributed by atoms with Gasteiger partial charge in [0.15, 0.2) is 5.13 Å². The van der Waals surface area contributed by atoms with E-state index in [0.717, 1.165) is 10.8 Å². The monoisotopic (exact) mass is 249 g/mol. The van der Waals surface area contributed by atoms with Gasteiger partial charge >= 0.3 is 0 Å². The minimum atomic E-state index is -3.34. The summed E-state index contributed by atoms with van der Waals surface area (Å²) in [6.07, 6.45) is 0.497. The molecule has 0 aliphatic rings. The third-order valence-electron chi connectivity index (χ3n) is 1.91. The van der Waals surface area contributed by atoms with Crippen molar-refractivity contribution >= 4 is 26.5 Å². The first-order valence-electron chi connectivity index (χ1n) is 4.57. The highest BCUT2D eigenvalue weighted by atomic mass is 32.2. The Labute approximate surface area is 93.8 Å². The number of hydrogen-bond donors (Lipinski definition) is 2. The summed E-state index contributed by atoms with van der Waals surface area (Å²) in [6.45, 7) is 4.52. The lowest BCUT2D eigenvalue weighted by Crippen LogP contribution is -2.18. The number of nitrogens with zero attached hydrogens (tertiary/aromatic N) is 1. The topological polar surface area (TPSA) is 85.1 Å². The number of nitrogens with one attached hydrogen (secondary N) is 1. The molecule has 0 aromatic carbocycles. The molecule has 0 saturated heterocycles. The lowest BCUT2D eigenvalue weighted by atomic mass is 10.4. The second-order valence-corrected chi connectivity index (χ2v) is 6.25. The average molecular weight is 249 g/mol. The van der Waals surface area contributed by atoms with Crippen LogP contribution in [0.1, 0.15) is 17.0 Å². The second kappa shape index (κ2) is 4.91. The Kier molecular flexibility index (Phi) is 4.06. The van der Waals surface area contributed by atoms with Gasteiger partial charge in [0.2, 0.25) is 10.0 Å². The molecule has 86 valence electrons. The van der Waals surface area contributed by atoms with Crippen molar-refractivity contribution in [2.24, 2.45) is 5.14 Å². The molecule has 1 aromatic heterocycles. The lowest BCUT2D eigenvalue weighted by Gasteiger charge is -2.00. The fourth-order valence-electron chi connectivity index (χ4n) is 1.02. The Morgan fingerprint density at radius 1 is 1.47 bits per heavy atom. The molecule has 0 saturated carbocycles. The minimum absolute atomic E-state index is 0.00331. The molecule has 0 spiro atoms. The maximum atomic E-state index is 10.6. The predicted octanol–water partition coefficient (Wildman–Crippen LogP) is 0.850. The van der Waals surface area contributed by atoms with Crippen LogP contribution in [0, 0.1) is 13.8 Å². The van der Waals surface area contributed by atoms with Crippen molar-refractivity contribution in [3.8, 4) is 0 Å². The van der Waals surface area contributed by atoms with Gasteiger partial charge in [0.1, 0.15) is 0 Å². The van der Waals surface area contributed by atoms with Gasteiger partial charge in [-0.2, -0.15) is 0 Å². The van der Waals surface area contributed by atoms with Crippen LogP contribution in [0.5, 0.6) is 0 Å². The summed E-state index contributed by atoms with van der Waals surface area (Å²) < 4.78 is 21.3. The van der Waals surface area contributed by atoms with Crippen LogP contribution < -0.4 is 10.5 Å². The highest BCUT2D eigenvalue weighted by Gasteiger charge is 2.04. The molecular formula is C8H15N3O2S2. The third-order valence-corrected chi connectivity index (χ3v) is 3.80. The van der Waals surface area contributed by atoms with Crippen molar-refractivity contribution in [1.82, 2.24) is 4.98 Å². The van der Waals surface area contributed by atoms with Crippen LogP contribution in [0.15, 0.2) is 0 Å². The van der Waals surface area contributed by atoms with E-state index in [1.165, 1.54) is 4.88 Å². The number of anilines is 1. The van der Waals surface area contributed by atoms with Gasteiger partial charge in [0.25, 0.3) is 0 Å². The molecule has 0 aliphatic carbocycles. The van der Waals surface area contributed by atoms with Crippen molar-refractivity contribution < 1.29 is 8.42 Å². The zero-order valence-corrected chi connectivity index (χ0v) is 10.4. The molecule has 1 aromatic rings. The van der Waals surface area contributed by atoms with Gasteiger partial charge in [0.05, 0.1) is 11.4 Å². The number of thiazole rings is 1. The first kappa shape index (κ1) is 12.4. The summed E-state index contributed by atoms with van der Waals surface area (Å²) in [6, 6.07) is 0. The fourth-order valence-corrected chi connectivity index (χ4v) is 2.40. The van der Waals surface area contributed by atoms with Crippen molar-refractivity contribution in [2.75, 3.05) is 17.6 Å². The van der Waals surface area contributed by atoms with Crippen LogP contribution in [0.3, 0.4) is 0 Å². The molecule has 0 unspecified atom stereocenters. The Morgan fingerprint density at radius 2 is 2.13 bits per heavy atom. The Balaban J connectivity index is 2.32. The summed E-state index contributed by atoms with van der Waals surface area (Å²) in [5.41, 5.74) is 1.01. The van der Waals surface area contributed by atoms with Gasteiger partial charge in [-0.15, -0.1) is 11.3 Å². The molecule has 3 N–H and O–H groups in total. The first-order chi connectivity index (χ1) is 6.88. The normalized spacial score (nSPS) is 11.7. The van der Waals surface area contributed by atoms with E-state index in [0.29, 0.717) is 13.0 Å². The molecule has 1 rings (SSSR count). The third kappa shape index (κ3) is 4.59. The number of hydrogen-bond acceptors (Lipinski definition) is 5. The number of sulfonamides is 1. The van der Waals surface area contributed by atoms with Crippen LogP contribution in [-0.2, 0) is 10.0 Å². The van der Waals surface area contributed by atoms with Gasteiger partial charge in [-0.1, -0.05) is 0 Å². The molecule has 0 fully saturated rings. The van der Waals surface area contributed by atoms with Gasteiger partial charge in [-0.3, -0.25) is 0 Å². The lowest BCUT2D eigenvalue weighted by molar-refractivity contribution is 0.596. The summed E-state index contributed by atoms with van der Waals surface area (Å²) in [5, 5.41) is 8.77. The van der Waals surface area contributed by atoms with Crippen LogP contribution >= 0.6 is 11.3 Å². The zero-order valence-electron chi connectivity index (χ0n) is 8.78. The number of primary sulfonamides is 1. The number of aromatic nitrogens is 1. The molecule has 1 heterocycles. The van der Waals surface area contributed by atoms with E-state index in [1.54, 1.807) is 11.3 Å². The smallest absolute Gasteiger partial charge is 0.209 e. The van der Waals surface area contributed by atoms with E-state index in [1.807, 2.05) is 13.8 Å². The summed E-state index contributed by atoms with van der Waals surface area (Å²) >= 11 is 1.57. The highest BCUT2D eigenvalue weighted by molar-refractivity contribution is 7.89. The van der Waals surface area contributed by atoms with E-state index in [-0.39, 0.29) is 5.75 Å². The van der Waals surface area contributed by atoms with Gasteiger partial charge in [-0.25, -0.2) is 18.5 Å². The largest absolute Gasteiger partial charge is 0.361 e. The Bertz CT molecular complexity index is 406. The maximum Gasteiger partial charge on any atom is 0.209 e. The van der Waals surface area contributed by atoms with E-state index in [2.05, 4.69) is 10.3 Å². The van der Waals surface area contributed by atoms with Crippen LogP contribution in [0.2, 0.25) is 0 Å². The molecule has 5 nitrogen and oxygen atoms in total. The SMILES string of the molecule is Cc1nc(NCCCS(N)(=O)=O)sc1C. The predicted molar refractivity (Wildman–Crippen MR) is 62.7 cm³/mol.